The van der Waals surface area contributed by atoms with Crippen LogP contribution in [0.3, 0.4) is 0 Å². The first kappa shape index (κ1) is 22.7. The lowest BCUT2D eigenvalue weighted by Crippen LogP contribution is -2.30. The minimum atomic E-state index is -0.247. The number of hydrogen-bond acceptors (Lipinski definition) is 4. The van der Waals surface area contributed by atoms with Gasteiger partial charge in [0.05, 0.1) is 13.2 Å². The van der Waals surface area contributed by atoms with Crippen LogP contribution in [0.15, 0.2) is 22.7 Å². The standard InChI is InChI=1S/C24H38O4/c1-17-19(11-13-23(3,4)21(17)25)27-15-9-7-8-10-16-28-20-12-14-24(5,6)22(26)18(20)2/h7-16H2,1-6H3. The summed E-state index contributed by atoms with van der Waals surface area (Å²) in [6.45, 7) is 13.2. The van der Waals surface area contributed by atoms with E-state index in [9.17, 15) is 9.59 Å². The van der Waals surface area contributed by atoms with Crippen LogP contribution in [-0.4, -0.2) is 24.8 Å². The number of ether oxygens (including phenoxy) is 2. The molecule has 2 aliphatic carbocycles. The number of ketones is 2. The van der Waals surface area contributed by atoms with Crippen molar-refractivity contribution < 1.29 is 19.1 Å². The molecule has 0 amide bonds. The fraction of sp³-hybridized carbons (Fsp3) is 0.750. The average molecular weight is 391 g/mol. The van der Waals surface area contributed by atoms with Crippen molar-refractivity contribution >= 4 is 11.6 Å². The number of allylic oxidation sites excluding steroid dienone is 4. The van der Waals surface area contributed by atoms with Crippen LogP contribution >= 0.6 is 0 Å². The maximum Gasteiger partial charge on any atom is 0.167 e. The quantitative estimate of drug-likeness (QED) is 0.460. The first-order chi connectivity index (χ1) is 13.1. The van der Waals surface area contributed by atoms with Crippen molar-refractivity contribution in [1.82, 2.24) is 0 Å². The third-order valence-corrected chi connectivity index (χ3v) is 6.29. The zero-order chi connectivity index (χ0) is 20.9. The molecule has 0 spiro atoms. The van der Waals surface area contributed by atoms with Crippen LogP contribution in [0.25, 0.3) is 0 Å². The zero-order valence-electron chi connectivity index (χ0n) is 18.7. The molecule has 0 atom stereocenters. The molecule has 0 saturated heterocycles. The van der Waals surface area contributed by atoms with Gasteiger partial charge in [0.15, 0.2) is 11.6 Å². The molecule has 0 aliphatic heterocycles. The van der Waals surface area contributed by atoms with Crippen LogP contribution in [-0.2, 0) is 19.1 Å². The Kier molecular flexibility index (Phi) is 7.52. The van der Waals surface area contributed by atoms with Gasteiger partial charge in [0, 0.05) is 34.8 Å². The van der Waals surface area contributed by atoms with Crippen molar-refractivity contribution in [2.24, 2.45) is 10.8 Å². The van der Waals surface area contributed by atoms with E-state index in [0.717, 1.165) is 74.0 Å². The maximum atomic E-state index is 12.3. The third-order valence-electron chi connectivity index (χ3n) is 6.29. The van der Waals surface area contributed by atoms with Crippen molar-refractivity contribution in [3.63, 3.8) is 0 Å². The Bertz CT molecular complexity index is 606. The van der Waals surface area contributed by atoms with Gasteiger partial charge in [-0.3, -0.25) is 9.59 Å². The van der Waals surface area contributed by atoms with Gasteiger partial charge in [-0.25, -0.2) is 0 Å². The van der Waals surface area contributed by atoms with Gasteiger partial charge in [-0.15, -0.1) is 0 Å². The zero-order valence-corrected chi connectivity index (χ0v) is 18.7. The highest BCUT2D eigenvalue weighted by Gasteiger charge is 2.35. The Morgan fingerprint density at radius 2 is 1.04 bits per heavy atom. The number of carbonyl (C=O) groups excluding carboxylic acids is 2. The lowest BCUT2D eigenvalue weighted by molar-refractivity contribution is -0.125. The monoisotopic (exact) mass is 390 g/mol. The Morgan fingerprint density at radius 1 is 0.679 bits per heavy atom. The number of carbonyl (C=O) groups is 2. The molecule has 0 unspecified atom stereocenters. The second-order valence-corrected chi connectivity index (χ2v) is 9.63. The van der Waals surface area contributed by atoms with Gasteiger partial charge in [-0.2, -0.15) is 0 Å². The third kappa shape index (κ3) is 5.48. The van der Waals surface area contributed by atoms with Crippen LogP contribution in [0.1, 0.15) is 92.9 Å². The second-order valence-electron chi connectivity index (χ2n) is 9.63. The van der Waals surface area contributed by atoms with Crippen LogP contribution < -0.4 is 0 Å². The van der Waals surface area contributed by atoms with Gasteiger partial charge in [0.25, 0.3) is 0 Å². The molecule has 0 heterocycles. The van der Waals surface area contributed by atoms with Gasteiger partial charge in [0.1, 0.15) is 11.5 Å². The van der Waals surface area contributed by atoms with E-state index < -0.39 is 0 Å². The minimum absolute atomic E-state index is 0.222. The summed E-state index contributed by atoms with van der Waals surface area (Å²) < 4.78 is 11.8. The molecular formula is C24H38O4. The Morgan fingerprint density at radius 3 is 1.39 bits per heavy atom. The molecule has 4 heteroatoms. The molecule has 2 rings (SSSR count). The summed E-state index contributed by atoms with van der Waals surface area (Å²) in [4.78, 5) is 24.6. The Balaban J connectivity index is 1.61. The predicted molar refractivity (Wildman–Crippen MR) is 112 cm³/mol. The second kappa shape index (κ2) is 9.28. The summed E-state index contributed by atoms with van der Waals surface area (Å²) >= 11 is 0. The van der Waals surface area contributed by atoms with E-state index in [1.54, 1.807) is 0 Å². The van der Waals surface area contributed by atoms with E-state index in [1.807, 2.05) is 41.5 Å². The highest BCUT2D eigenvalue weighted by molar-refractivity contribution is 6.00. The summed E-state index contributed by atoms with van der Waals surface area (Å²) in [7, 11) is 0. The first-order valence-corrected chi connectivity index (χ1v) is 10.8. The van der Waals surface area contributed by atoms with Crippen LogP contribution in [0.2, 0.25) is 0 Å². The van der Waals surface area contributed by atoms with E-state index in [4.69, 9.17) is 9.47 Å². The fourth-order valence-corrected chi connectivity index (χ4v) is 4.03. The van der Waals surface area contributed by atoms with E-state index in [-0.39, 0.29) is 22.4 Å². The topological polar surface area (TPSA) is 52.6 Å². The van der Waals surface area contributed by atoms with E-state index >= 15 is 0 Å². The summed E-state index contributed by atoms with van der Waals surface area (Å²) in [5.41, 5.74) is 1.12. The van der Waals surface area contributed by atoms with Crippen molar-refractivity contribution in [3.05, 3.63) is 22.7 Å². The van der Waals surface area contributed by atoms with Crippen LogP contribution in [0.5, 0.6) is 0 Å². The molecule has 158 valence electrons. The minimum Gasteiger partial charge on any atom is -0.498 e. The van der Waals surface area contributed by atoms with Crippen molar-refractivity contribution in [1.29, 1.82) is 0 Å². The average Bonchev–Trinajstić information content (AvgIpc) is 2.63. The highest BCUT2D eigenvalue weighted by atomic mass is 16.5. The van der Waals surface area contributed by atoms with Crippen molar-refractivity contribution in [2.75, 3.05) is 13.2 Å². The summed E-state index contributed by atoms with van der Waals surface area (Å²) in [6.07, 6.45) is 7.60. The van der Waals surface area contributed by atoms with Gasteiger partial charge in [-0.1, -0.05) is 27.7 Å². The molecule has 0 radical (unpaired) electrons. The van der Waals surface area contributed by atoms with E-state index in [2.05, 4.69) is 0 Å². The molecule has 0 aromatic heterocycles. The molecule has 0 saturated carbocycles. The molecular weight excluding hydrogens is 352 g/mol. The number of unbranched alkanes of at least 4 members (excludes halogenated alkanes) is 3. The normalized spacial score (nSPS) is 21.9. The Hall–Kier alpha value is -1.58. The lowest BCUT2D eigenvalue weighted by atomic mass is 9.76. The molecule has 0 aromatic carbocycles. The summed E-state index contributed by atoms with van der Waals surface area (Å²) in [5.74, 6) is 2.22. The largest absolute Gasteiger partial charge is 0.498 e. The van der Waals surface area contributed by atoms with Gasteiger partial charge >= 0.3 is 0 Å². The van der Waals surface area contributed by atoms with Crippen LogP contribution in [0.4, 0.5) is 0 Å². The summed E-state index contributed by atoms with van der Waals surface area (Å²) in [6, 6.07) is 0. The fourth-order valence-electron chi connectivity index (χ4n) is 4.03. The van der Waals surface area contributed by atoms with Gasteiger partial charge in [0.2, 0.25) is 0 Å². The molecule has 0 fully saturated rings. The van der Waals surface area contributed by atoms with Gasteiger partial charge in [-0.05, 0) is 52.4 Å². The van der Waals surface area contributed by atoms with E-state index in [1.165, 1.54) is 0 Å². The highest BCUT2D eigenvalue weighted by Crippen LogP contribution is 2.37. The number of Topliss-reactive ketones (excluding diaryl/α,β-unsaturated/α-hetero) is 2. The van der Waals surface area contributed by atoms with E-state index in [0.29, 0.717) is 13.2 Å². The smallest absolute Gasteiger partial charge is 0.167 e. The van der Waals surface area contributed by atoms with Crippen LogP contribution in [0, 0.1) is 10.8 Å². The molecule has 0 aromatic rings. The van der Waals surface area contributed by atoms with Gasteiger partial charge < -0.3 is 9.47 Å². The SMILES string of the molecule is CC1=C(OCCCCCCOC2=C(C)C(=O)C(C)(C)CC2)CCC(C)(C)C1=O. The van der Waals surface area contributed by atoms with Crippen molar-refractivity contribution in [3.8, 4) is 0 Å². The Labute approximate surface area is 170 Å². The number of hydrogen-bond donors (Lipinski definition) is 0. The molecule has 2 aliphatic rings. The maximum absolute atomic E-state index is 12.3. The molecule has 4 nitrogen and oxygen atoms in total. The molecule has 0 N–H and O–H groups in total. The lowest BCUT2D eigenvalue weighted by Gasteiger charge is -2.30. The van der Waals surface area contributed by atoms with Crippen molar-refractivity contribution in [2.45, 2.75) is 92.9 Å². The summed E-state index contributed by atoms with van der Waals surface area (Å²) in [5, 5.41) is 0. The number of rotatable bonds is 9. The molecule has 0 bridgehead atoms. The molecule has 28 heavy (non-hydrogen) atoms. The predicted octanol–water partition coefficient (Wildman–Crippen LogP) is 5.91. The first-order valence-electron chi connectivity index (χ1n) is 10.8.